The normalized spacial score (nSPS) is 29.4. The van der Waals surface area contributed by atoms with E-state index in [0.29, 0.717) is 13.0 Å². The van der Waals surface area contributed by atoms with Crippen LogP contribution in [-0.2, 0) is 4.79 Å². The predicted molar refractivity (Wildman–Crippen MR) is 78.0 cm³/mol. The van der Waals surface area contributed by atoms with Gasteiger partial charge in [0.15, 0.2) is 0 Å². The van der Waals surface area contributed by atoms with E-state index in [-0.39, 0.29) is 30.5 Å². The number of hydrogen-bond donors (Lipinski definition) is 3. The van der Waals surface area contributed by atoms with Crippen LogP contribution in [0.2, 0.25) is 0 Å². The van der Waals surface area contributed by atoms with Crippen molar-refractivity contribution in [2.45, 2.75) is 63.5 Å². The number of nitrogens with one attached hydrogen (secondary N) is 1. The number of urea groups is 1. The van der Waals surface area contributed by atoms with Gasteiger partial charge in [0, 0.05) is 31.5 Å². The molecule has 120 valence electrons. The second-order valence-corrected chi connectivity index (χ2v) is 6.15. The van der Waals surface area contributed by atoms with Gasteiger partial charge in [-0.15, -0.1) is 0 Å². The summed E-state index contributed by atoms with van der Waals surface area (Å²) < 4.78 is 0. The maximum Gasteiger partial charge on any atom is 0.317 e. The predicted octanol–water partition coefficient (Wildman–Crippen LogP) is 1.58. The van der Waals surface area contributed by atoms with Gasteiger partial charge < -0.3 is 20.4 Å². The molecule has 0 aromatic carbocycles. The van der Waals surface area contributed by atoms with Gasteiger partial charge in [-0.2, -0.15) is 0 Å². The van der Waals surface area contributed by atoms with Crippen molar-refractivity contribution in [1.82, 2.24) is 10.2 Å². The summed E-state index contributed by atoms with van der Waals surface area (Å²) in [6, 6.07) is 0.0277. The second-order valence-electron chi connectivity index (χ2n) is 6.15. The number of nitrogens with zero attached hydrogens (tertiary/aromatic N) is 1. The Hall–Kier alpha value is -1.30. The Kier molecular flexibility index (Phi) is 5.85. The molecule has 3 unspecified atom stereocenters. The van der Waals surface area contributed by atoms with Gasteiger partial charge in [0.2, 0.25) is 0 Å². The van der Waals surface area contributed by atoms with Crippen molar-refractivity contribution < 1.29 is 19.8 Å². The van der Waals surface area contributed by atoms with Crippen molar-refractivity contribution in [2.75, 3.05) is 13.1 Å². The van der Waals surface area contributed by atoms with Crippen LogP contribution in [0.1, 0.15) is 51.4 Å². The summed E-state index contributed by atoms with van der Waals surface area (Å²) in [5.41, 5.74) is 0. The molecule has 1 saturated carbocycles. The molecule has 3 N–H and O–H groups in total. The second kappa shape index (κ2) is 7.64. The molecule has 0 aromatic heterocycles. The molecule has 0 bridgehead atoms. The average Bonchev–Trinajstić information content (AvgIpc) is 2.89. The largest absolute Gasteiger partial charge is 0.481 e. The summed E-state index contributed by atoms with van der Waals surface area (Å²) in [4.78, 5) is 24.6. The number of carboxylic acids is 1. The molecule has 6 heteroatoms. The lowest BCUT2D eigenvalue weighted by Crippen LogP contribution is -2.52. The highest BCUT2D eigenvalue weighted by molar-refractivity contribution is 5.74. The van der Waals surface area contributed by atoms with Crippen molar-refractivity contribution >= 4 is 12.0 Å². The van der Waals surface area contributed by atoms with Crippen LogP contribution in [0.25, 0.3) is 0 Å². The van der Waals surface area contributed by atoms with Crippen molar-refractivity contribution in [3.05, 3.63) is 0 Å². The minimum absolute atomic E-state index is 0.0745. The number of aliphatic hydroxyl groups is 1. The molecule has 2 fully saturated rings. The SMILES string of the molecule is O=C(O)CCCNC(=O)N1CCCCC1C1CCCC1O. The lowest BCUT2D eigenvalue weighted by molar-refractivity contribution is -0.137. The van der Waals surface area contributed by atoms with Gasteiger partial charge in [-0.1, -0.05) is 6.42 Å². The van der Waals surface area contributed by atoms with Crippen LogP contribution < -0.4 is 5.32 Å². The Bertz CT molecular complexity index is 375. The summed E-state index contributed by atoms with van der Waals surface area (Å²) >= 11 is 0. The zero-order chi connectivity index (χ0) is 15.2. The third-order valence-electron chi connectivity index (χ3n) is 4.68. The van der Waals surface area contributed by atoms with Gasteiger partial charge in [0.05, 0.1) is 6.10 Å². The van der Waals surface area contributed by atoms with Crippen molar-refractivity contribution in [3.8, 4) is 0 Å². The van der Waals surface area contributed by atoms with Gasteiger partial charge in [-0.3, -0.25) is 4.79 Å². The van der Waals surface area contributed by atoms with Crippen molar-refractivity contribution in [1.29, 1.82) is 0 Å². The first kappa shape index (κ1) is 16.1. The molecule has 6 nitrogen and oxygen atoms in total. The van der Waals surface area contributed by atoms with E-state index < -0.39 is 5.97 Å². The molecule has 0 radical (unpaired) electrons. The van der Waals surface area contributed by atoms with Crippen LogP contribution >= 0.6 is 0 Å². The molecule has 0 spiro atoms. The van der Waals surface area contributed by atoms with Crippen LogP contribution in [-0.4, -0.2) is 52.3 Å². The quantitative estimate of drug-likeness (QED) is 0.672. The Balaban J connectivity index is 1.85. The lowest BCUT2D eigenvalue weighted by Gasteiger charge is -2.40. The summed E-state index contributed by atoms with van der Waals surface area (Å²) in [6.07, 6.45) is 6.19. The molecular weight excluding hydrogens is 272 g/mol. The van der Waals surface area contributed by atoms with E-state index in [4.69, 9.17) is 5.11 Å². The number of carboxylic acid groups (broad SMARTS) is 1. The van der Waals surface area contributed by atoms with Gasteiger partial charge in [-0.25, -0.2) is 4.79 Å². The maximum atomic E-state index is 12.3. The Morgan fingerprint density at radius 2 is 1.95 bits per heavy atom. The van der Waals surface area contributed by atoms with E-state index >= 15 is 0 Å². The minimum atomic E-state index is -0.839. The summed E-state index contributed by atoms with van der Waals surface area (Å²) in [6.45, 7) is 1.13. The van der Waals surface area contributed by atoms with Crippen LogP contribution in [0, 0.1) is 5.92 Å². The number of likely N-dealkylation sites (tertiary alicyclic amines) is 1. The molecule has 21 heavy (non-hydrogen) atoms. The minimum Gasteiger partial charge on any atom is -0.481 e. The van der Waals surface area contributed by atoms with Gasteiger partial charge in [0.1, 0.15) is 0 Å². The number of hydrogen-bond acceptors (Lipinski definition) is 3. The Morgan fingerprint density at radius 1 is 1.14 bits per heavy atom. The Labute approximate surface area is 125 Å². The first-order valence-corrected chi connectivity index (χ1v) is 8.04. The molecule has 2 aliphatic rings. The molecule has 1 saturated heterocycles. The van der Waals surface area contributed by atoms with Crippen molar-refractivity contribution in [2.24, 2.45) is 5.92 Å². The molecule has 1 aliphatic heterocycles. The molecule has 1 heterocycles. The van der Waals surface area contributed by atoms with E-state index in [2.05, 4.69) is 5.32 Å². The summed E-state index contributed by atoms with van der Waals surface area (Å²) in [7, 11) is 0. The smallest absolute Gasteiger partial charge is 0.317 e. The number of aliphatic hydroxyl groups excluding tert-OH is 1. The standard InChI is InChI=1S/C15H26N2O4/c18-13-7-3-5-11(13)12-6-1-2-10-17(12)15(21)16-9-4-8-14(19)20/h11-13,18H,1-10H2,(H,16,21)(H,19,20). The topological polar surface area (TPSA) is 89.9 Å². The molecule has 1 aliphatic carbocycles. The first-order valence-electron chi connectivity index (χ1n) is 8.04. The molecule has 0 aromatic rings. The van der Waals surface area contributed by atoms with Gasteiger partial charge >= 0.3 is 12.0 Å². The van der Waals surface area contributed by atoms with Crippen LogP contribution in [0.15, 0.2) is 0 Å². The third kappa shape index (κ3) is 4.33. The highest BCUT2D eigenvalue weighted by atomic mass is 16.4. The number of rotatable bonds is 5. The fraction of sp³-hybridized carbons (Fsp3) is 0.867. The van der Waals surface area contributed by atoms with E-state index in [0.717, 1.165) is 45.1 Å². The number of aliphatic carboxylic acids is 1. The number of piperidine rings is 1. The van der Waals surface area contributed by atoms with Crippen molar-refractivity contribution in [3.63, 3.8) is 0 Å². The zero-order valence-corrected chi connectivity index (χ0v) is 12.5. The van der Waals surface area contributed by atoms with Crippen LogP contribution in [0.3, 0.4) is 0 Å². The van der Waals surface area contributed by atoms with Gasteiger partial charge in [0.25, 0.3) is 0 Å². The molecule has 3 atom stereocenters. The van der Waals surface area contributed by atoms with Gasteiger partial charge in [-0.05, 0) is 38.5 Å². The fourth-order valence-electron chi connectivity index (χ4n) is 3.61. The van der Waals surface area contributed by atoms with Crippen LogP contribution in [0.4, 0.5) is 4.79 Å². The van der Waals surface area contributed by atoms with E-state index in [9.17, 15) is 14.7 Å². The summed E-state index contributed by atoms with van der Waals surface area (Å²) in [5, 5.41) is 21.5. The van der Waals surface area contributed by atoms with E-state index in [1.165, 1.54) is 0 Å². The zero-order valence-electron chi connectivity index (χ0n) is 12.5. The number of carbonyl (C=O) groups excluding carboxylic acids is 1. The van der Waals surface area contributed by atoms with Crippen LogP contribution in [0.5, 0.6) is 0 Å². The molecule has 2 amide bonds. The lowest BCUT2D eigenvalue weighted by atomic mass is 9.88. The van der Waals surface area contributed by atoms with E-state index in [1.54, 1.807) is 0 Å². The molecule has 2 rings (SSSR count). The third-order valence-corrected chi connectivity index (χ3v) is 4.68. The highest BCUT2D eigenvalue weighted by Crippen LogP contribution is 2.35. The first-order chi connectivity index (χ1) is 10.1. The number of carbonyl (C=O) groups is 2. The highest BCUT2D eigenvalue weighted by Gasteiger charge is 2.38. The maximum absolute atomic E-state index is 12.3. The molecular formula is C15H26N2O4. The Morgan fingerprint density at radius 3 is 2.62 bits per heavy atom. The summed E-state index contributed by atoms with van der Waals surface area (Å²) in [5.74, 6) is -0.635. The average molecular weight is 298 g/mol. The fourth-order valence-corrected chi connectivity index (χ4v) is 3.61. The number of amides is 2. The monoisotopic (exact) mass is 298 g/mol. The van der Waals surface area contributed by atoms with E-state index in [1.807, 2.05) is 4.90 Å².